The van der Waals surface area contributed by atoms with Gasteiger partial charge in [-0.05, 0) is 63.1 Å². The monoisotopic (exact) mass is 414 g/mol. The fourth-order valence-corrected chi connectivity index (χ4v) is 3.50. The zero-order valence-corrected chi connectivity index (χ0v) is 18.1. The first-order chi connectivity index (χ1) is 15.0. The molecule has 6 heteroatoms. The number of anilines is 1. The van der Waals surface area contributed by atoms with Crippen LogP contribution in [0.25, 0.3) is 11.5 Å². The number of nitrogens with zero attached hydrogens (tertiary/aromatic N) is 3. The van der Waals surface area contributed by atoms with Crippen LogP contribution in [0.1, 0.15) is 34.8 Å². The Kier molecular flexibility index (Phi) is 5.98. The number of nitrogens with one attached hydrogen (secondary N) is 1. The molecule has 0 saturated carbocycles. The number of hydrogen-bond donors (Lipinski definition) is 1. The molecule has 2 aromatic carbocycles. The van der Waals surface area contributed by atoms with Crippen LogP contribution in [0.5, 0.6) is 0 Å². The minimum absolute atomic E-state index is 0.00394. The summed E-state index contributed by atoms with van der Waals surface area (Å²) in [6, 6.07) is 19.6. The first-order valence-electron chi connectivity index (χ1n) is 10.4. The normalized spacial score (nSPS) is 10.9. The lowest BCUT2D eigenvalue weighted by atomic mass is 10.1. The molecule has 1 amide bonds. The van der Waals surface area contributed by atoms with E-state index in [9.17, 15) is 4.79 Å². The van der Waals surface area contributed by atoms with Crippen LogP contribution in [0, 0.1) is 20.8 Å². The molecule has 2 aromatic heterocycles. The summed E-state index contributed by atoms with van der Waals surface area (Å²) in [5.74, 6) is 1.34. The fraction of sp³-hybridized carbons (Fsp3) is 0.240. The highest BCUT2D eigenvalue weighted by molar-refractivity contribution is 5.91. The molecule has 4 aromatic rings. The van der Waals surface area contributed by atoms with Crippen LogP contribution in [0.3, 0.4) is 0 Å². The van der Waals surface area contributed by atoms with E-state index in [4.69, 9.17) is 4.42 Å². The molecule has 0 atom stereocenters. The van der Waals surface area contributed by atoms with Crippen LogP contribution in [0.2, 0.25) is 0 Å². The molecule has 1 N–H and O–H groups in total. The molecule has 4 rings (SSSR count). The Morgan fingerprint density at radius 3 is 2.45 bits per heavy atom. The average Bonchev–Trinajstić information content (AvgIpc) is 3.29. The van der Waals surface area contributed by atoms with Crippen molar-refractivity contribution >= 4 is 11.6 Å². The van der Waals surface area contributed by atoms with E-state index < -0.39 is 0 Å². The topological polar surface area (TPSA) is 73.0 Å². The highest BCUT2D eigenvalue weighted by Crippen LogP contribution is 2.24. The summed E-state index contributed by atoms with van der Waals surface area (Å²) in [6.45, 7) is 6.50. The van der Waals surface area contributed by atoms with Crippen molar-refractivity contribution in [2.75, 3.05) is 5.32 Å². The second-order valence-electron chi connectivity index (χ2n) is 7.72. The van der Waals surface area contributed by atoms with Gasteiger partial charge in [0, 0.05) is 23.4 Å². The largest absolute Gasteiger partial charge is 0.441 e. The molecule has 31 heavy (non-hydrogen) atoms. The van der Waals surface area contributed by atoms with Crippen molar-refractivity contribution in [2.24, 2.45) is 0 Å². The number of oxazole rings is 1. The molecule has 2 heterocycles. The lowest BCUT2D eigenvalue weighted by Crippen LogP contribution is -2.12. The van der Waals surface area contributed by atoms with Gasteiger partial charge in [0.2, 0.25) is 11.8 Å². The lowest BCUT2D eigenvalue weighted by Gasteiger charge is -2.06. The number of aryl methyl sites for hydroxylation is 4. The van der Waals surface area contributed by atoms with Crippen molar-refractivity contribution in [3.05, 3.63) is 89.1 Å². The highest BCUT2D eigenvalue weighted by atomic mass is 16.4. The zero-order chi connectivity index (χ0) is 21.8. The Morgan fingerprint density at radius 2 is 1.77 bits per heavy atom. The van der Waals surface area contributed by atoms with Crippen molar-refractivity contribution in [3.63, 3.8) is 0 Å². The number of rotatable bonds is 7. The molecule has 0 radical (unpaired) electrons. The Bertz CT molecular complexity index is 1170. The molecular formula is C25H26N4O2. The number of amides is 1. The maximum Gasteiger partial charge on any atom is 0.226 e. The number of aromatic nitrogens is 3. The summed E-state index contributed by atoms with van der Waals surface area (Å²) in [5.41, 5.74) is 5.72. The first-order valence-corrected chi connectivity index (χ1v) is 10.4. The SMILES string of the molecule is Cc1cc(C)n(Cc2nc(-c3ccc(NC(=O)CCc4ccccc4)cc3)oc2C)n1. The van der Waals surface area contributed by atoms with Crippen LogP contribution in [-0.4, -0.2) is 20.7 Å². The van der Waals surface area contributed by atoms with Gasteiger partial charge in [-0.2, -0.15) is 5.10 Å². The van der Waals surface area contributed by atoms with E-state index in [-0.39, 0.29) is 5.91 Å². The van der Waals surface area contributed by atoms with Crippen molar-refractivity contribution in [1.82, 2.24) is 14.8 Å². The summed E-state index contributed by atoms with van der Waals surface area (Å²) in [4.78, 5) is 16.9. The Hall–Kier alpha value is -3.67. The highest BCUT2D eigenvalue weighted by Gasteiger charge is 2.14. The van der Waals surface area contributed by atoms with Crippen molar-refractivity contribution in [3.8, 4) is 11.5 Å². The van der Waals surface area contributed by atoms with Gasteiger partial charge in [-0.3, -0.25) is 9.48 Å². The summed E-state index contributed by atoms with van der Waals surface area (Å²) in [6.07, 6.45) is 1.17. The van der Waals surface area contributed by atoms with Gasteiger partial charge in [-0.1, -0.05) is 30.3 Å². The Labute approximate surface area is 181 Å². The van der Waals surface area contributed by atoms with Gasteiger partial charge >= 0.3 is 0 Å². The van der Waals surface area contributed by atoms with Crippen LogP contribution in [-0.2, 0) is 17.8 Å². The second-order valence-corrected chi connectivity index (χ2v) is 7.72. The van der Waals surface area contributed by atoms with Gasteiger partial charge in [0.05, 0.1) is 12.2 Å². The van der Waals surface area contributed by atoms with E-state index in [2.05, 4.69) is 15.4 Å². The minimum atomic E-state index is -0.00394. The van der Waals surface area contributed by atoms with Crippen LogP contribution >= 0.6 is 0 Å². The number of hydrogen-bond acceptors (Lipinski definition) is 4. The molecule has 158 valence electrons. The third-order valence-corrected chi connectivity index (χ3v) is 5.19. The van der Waals surface area contributed by atoms with Gasteiger partial charge in [0.15, 0.2) is 0 Å². The average molecular weight is 415 g/mol. The second kappa shape index (κ2) is 9.00. The summed E-state index contributed by atoms with van der Waals surface area (Å²) < 4.78 is 7.82. The van der Waals surface area contributed by atoms with E-state index in [1.54, 1.807) is 0 Å². The predicted octanol–water partition coefficient (Wildman–Crippen LogP) is 5.08. The molecule has 0 bridgehead atoms. The van der Waals surface area contributed by atoms with Crippen LogP contribution in [0.4, 0.5) is 5.69 Å². The molecule has 0 fully saturated rings. The van der Waals surface area contributed by atoms with E-state index in [1.165, 1.54) is 0 Å². The molecular weight excluding hydrogens is 388 g/mol. The molecule has 6 nitrogen and oxygen atoms in total. The summed E-state index contributed by atoms with van der Waals surface area (Å²) >= 11 is 0. The summed E-state index contributed by atoms with van der Waals surface area (Å²) in [5, 5.41) is 7.44. The van der Waals surface area contributed by atoms with Crippen molar-refractivity contribution < 1.29 is 9.21 Å². The number of benzene rings is 2. The molecule has 0 spiro atoms. The quantitative estimate of drug-likeness (QED) is 0.457. The Morgan fingerprint density at radius 1 is 1.03 bits per heavy atom. The lowest BCUT2D eigenvalue weighted by molar-refractivity contribution is -0.116. The Balaban J connectivity index is 1.39. The minimum Gasteiger partial charge on any atom is -0.441 e. The van der Waals surface area contributed by atoms with E-state index >= 15 is 0 Å². The smallest absolute Gasteiger partial charge is 0.226 e. The fourth-order valence-electron chi connectivity index (χ4n) is 3.50. The van der Waals surface area contributed by atoms with E-state index in [1.807, 2.05) is 86.1 Å². The third-order valence-electron chi connectivity index (χ3n) is 5.19. The maximum absolute atomic E-state index is 12.2. The zero-order valence-electron chi connectivity index (χ0n) is 18.1. The van der Waals surface area contributed by atoms with Gasteiger partial charge < -0.3 is 9.73 Å². The molecule has 0 saturated heterocycles. The standard InChI is InChI=1S/C25H26N4O2/c1-17-15-18(2)29(28-17)16-23-19(3)31-25(27-23)21-10-12-22(13-11-21)26-24(30)14-9-20-7-5-4-6-8-20/h4-8,10-13,15H,9,14,16H2,1-3H3,(H,26,30). The van der Waals surface area contributed by atoms with Crippen molar-refractivity contribution in [2.45, 2.75) is 40.2 Å². The van der Waals surface area contributed by atoms with Crippen LogP contribution in [0.15, 0.2) is 65.1 Å². The van der Waals surface area contributed by atoms with E-state index in [0.29, 0.717) is 18.9 Å². The van der Waals surface area contributed by atoms with Crippen molar-refractivity contribution in [1.29, 1.82) is 0 Å². The molecule has 0 unspecified atom stereocenters. The number of carbonyl (C=O) groups is 1. The predicted molar refractivity (Wildman–Crippen MR) is 121 cm³/mol. The number of carbonyl (C=O) groups excluding carboxylic acids is 1. The first kappa shape index (κ1) is 20.6. The summed E-state index contributed by atoms with van der Waals surface area (Å²) in [7, 11) is 0. The third kappa shape index (κ3) is 5.09. The van der Waals surface area contributed by atoms with Gasteiger partial charge in [-0.15, -0.1) is 0 Å². The van der Waals surface area contributed by atoms with E-state index in [0.717, 1.165) is 46.1 Å². The van der Waals surface area contributed by atoms with Crippen LogP contribution < -0.4 is 5.32 Å². The molecule has 0 aliphatic heterocycles. The van der Waals surface area contributed by atoms with Gasteiger partial charge in [0.25, 0.3) is 0 Å². The van der Waals surface area contributed by atoms with Gasteiger partial charge in [0.1, 0.15) is 11.5 Å². The molecule has 0 aliphatic carbocycles. The molecule has 0 aliphatic rings. The maximum atomic E-state index is 12.2. The van der Waals surface area contributed by atoms with Gasteiger partial charge in [-0.25, -0.2) is 4.98 Å².